The van der Waals surface area contributed by atoms with E-state index in [0.717, 1.165) is 25.7 Å². The molecule has 0 aliphatic carbocycles. The van der Waals surface area contributed by atoms with Crippen molar-refractivity contribution in [2.24, 2.45) is 11.5 Å². The van der Waals surface area contributed by atoms with Crippen LogP contribution in [-0.2, 0) is 9.53 Å². The highest BCUT2D eigenvalue weighted by Crippen LogP contribution is 2.04. The van der Waals surface area contributed by atoms with E-state index in [-0.39, 0.29) is 5.97 Å². The Bertz CT molecular complexity index is 186. The van der Waals surface area contributed by atoms with Crippen LogP contribution >= 0.6 is 0 Å². The number of carbonyl (C=O) groups excluding carboxylic acids is 1. The molecule has 0 aromatic carbocycles. The maximum absolute atomic E-state index is 11.4. The van der Waals surface area contributed by atoms with E-state index in [0.29, 0.717) is 19.6 Å². The van der Waals surface area contributed by atoms with E-state index in [1.807, 2.05) is 0 Å². The van der Waals surface area contributed by atoms with E-state index in [2.05, 4.69) is 6.92 Å². The SMILES string of the molecule is CCCCCCCOC(=O)[C@@H](N)CCCCN. The predicted octanol–water partition coefficient (Wildman–Crippen LogP) is 1.96. The van der Waals surface area contributed by atoms with E-state index >= 15 is 0 Å². The molecule has 0 rings (SSSR count). The molecule has 4 nitrogen and oxygen atoms in total. The monoisotopic (exact) mass is 244 g/mol. The van der Waals surface area contributed by atoms with Crippen molar-refractivity contribution in [3.63, 3.8) is 0 Å². The van der Waals surface area contributed by atoms with Crippen LogP contribution in [0.3, 0.4) is 0 Å². The largest absolute Gasteiger partial charge is 0.465 e. The molecule has 0 fully saturated rings. The van der Waals surface area contributed by atoms with Crippen molar-refractivity contribution < 1.29 is 9.53 Å². The number of unbranched alkanes of at least 4 members (excludes halogenated alkanes) is 5. The van der Waals surface area contributed by atoms with Gasteiger partial charge in [-0.2, -0.15) is 0 Å². The average molecular weight is 244 g/mol. The van der Waals surface area contributed by atoms with E-state index < -0.39 is 6.04 Å². The minimum Gasteiger partial charge on any atom is -0.465 e. The molecular weight excluding hydrogens is 216 g/mol. The molecule has 0 saturated heterocycles. The standard InChI is InChI=1S/C13H28N2O2/c1-2-3-4-5-8-11-17-13(16)12(15)9-6-7-10-14/h12H,2-11,14-15H2,1H3/t12-/m0/s1. The van der Waals surface area contributed by atoms with Gasteiger partial charge in [-0.15, -0.1) is 0 Å². The summed E-state index contributed by atoms with van der Waals surface area (Å²) >= 11 is 0. The van der Waals surface area contributed by atoms with Crippen LogP contribution in [0, 0.1) is 0 Å². The summed E-state index contributed by atoms with van der Waals surface area (Å²) in [5.74, 6) is -0.266. The first-order valence-corrected chi connectivity index (χ1v) is 6.84. The average Bonchev–Trinajstić information content (AvgIpc) is 2.33. The second kappa shape index (κ2) is 11.9. The van der Waals surface area contributed by atoms with E-state index in [1.165, 1.54) is 19.3 Å². The van der Waals surface area contributed by atoms with Gasteiger partial charge < -0.3 is 16.2 Å². The van der Waals surface area contributed by atoms with Crippen molar-refractivity contribution in [1.82, 2.24) is 0 Å². The first-order valence-electron chi connectivity index (χ1n) is 6.84. The molecule has 4 heteroatoms. The minimum absolute atomic E-state index is 0.266. The van der Waals surface area contributed by atoms with Crippen LogP contribution in [0.4, 0.5) is 0 Å². The molecule has 0 aliphatic rings. The zero-order valence-corrected chi connectivity index (χ0v) is 11.1. The molecule has 0 aromatic heterocycles. The summed E-state index contributed by atoms with van der Waals surface area (Å²) in [6, 6.07) is -0.475. The second-order valence-electron chi connectivity index (χ2n) is 4.47. The minimum atomic E-state index is -0.475. The number of nitrogens with two attached hydrogens (primary N) is 2. The Balaban J connectivity index is 3.37. The zero-order chi connectivity index (χ0) is 12.9. The van der Waals surface area contributed by atoms with Crippen LogP contribution in [0.1, 0.15) is 58.3 Å². The van der Waals surface area contributed by atoms with Crippen molar-refractivity contribution in [2.75, 3.05) is 13.2 Å². The lowest BCUT2D eigenvalue weighted by Gasteiger charge is -2.11. The van der Waals surface area contributed by atoms with E-state index in [4.69, 9.17) is 16.2 Å². The molecule has 0 unspecified atom stereocenters. The van der Waals surface area contributed by atoms with E-state index in [1.54, 1.807) is 0 Å². The van der Waals surface area contributed by atoms with Crippen molar-refractivity contribution in [3.8, 4) is 0 Å². The Labute approximate surface area is 105 Å². The molecule has 0 saturated carbocycles. The molecule has 0 aromatic rings. The van der Waals surface area contributed by atoms with Gasteiger partial charge in [0.1, 0.15) is 6.04 Å². The zero-order valence-electron chi connectivity index (χ0n) is 11.1. The summed E-state index contributed by atoms with van der Waals surface area (Å²) in [6.45, 7) is 3.34. The van der Waals surface area contributed by atoms with Gasteiger partial charge in [0.25, 0.3) is 0 Å². The first-order chi connectivity index (χ1) is 8.22. The van der Waals surface area contributed by atoms with Crippen molar-refractivity contribution in [2.45, 2.75) is 64.3 Å². The van der Waals surface area contributed by atoms with Crippen molar-refractivity contribution in [1.29, 1.82) is 0 Å². The third kappa shape index (κ3) is 10.3. The molecule has 0 bridgehead atoms. The molecule has 0 aliphatic heterocycles. The van der Waals surface area contributed by atoms with Gasteiger partial charge in [0.05, 0.1) is 6.61 Å². The number of rotatable bonds is 11. The smallest absolute Gasteiger partial charge is 0.322 e. The molecule has 0 heterocycles. The van der Waals surface area contributed by atoms with Crippen molar-refractivity contribution in [3.05, 3.63) is 0 Å². The van der Waals surface area contributed by atoms with Crippen LogP contribution in [0.15, 0.2) is 0 Å². The van der Waals surface area contributed by atoms with Crippen molar-refractivity contribution >= 4 is 5.97 Å². The fourth-order valence-electron chi connectivity index (χ4n) is 1.61. The van der Waals surface area contributed by atoms with Crippen LogP contribution in [0.2, 0.25) is 0 Å². The topological polar surface area (TPSA) is 78.3 Å². The molecule has 1 atom stereocenters. The van der Waals surface area contributed by atoms with Crippen LogP contribution in [-0.4, -0.2) is 25.2 Å². The summed E-state index contributed by atoms with van der Waals surface area (Å²) in [6.07, 6.45) is 8.26. The fraction of sp³-hybridized carbons (Fsp3) is 0.923. The lowest BCUT2D eigenvalue weighted by molar-refractivity contribution is -0.145. The first kappa shape index (κ1) is 16.4. The van der Waals surface area contributed by atoms with Crippen LogP contribution < -0.4 is 11.5 Å². The number of carbonyl (C=O) groups is 1. The normalized spacial score (nSPS) is 12.4. The van der Waals surface area contributed by atoms with Gasteiger partial charge in [0.15, 0.2) is 0 Å². The maximum Gasteiger partial charge on any atom is 0.322 e. The fourth-order valence-corrected chi connectivity index (χ4v) is 1.61. The molecule has 0 spiro atoms. The molecule has 0 radical (unpaired) electrons. The number of esters is 1. The summed E-state index contributed by atoms with van der Waals surface area (Å²) in [7, 11) is 0. The number of hydrogen-bond acceptors (Lipinski definition) is 4. The van der Waals surface area contributed by atoms with Gasteiger partial charge in [-0.25, -0.2) is 0 Å². The Morgan fingerprint density at radius 3 is 2.47 bits per heavy atom. The maximum atomic E-state index is 11.4. The highest BCUT2D eigenvalue weighted by molar-refractivity contribution is 5.75. The molecule has 102 valence electrons. The van der Waals surface area contributed by atoms with Gasteiger partial charge in [-0.1, -0.05) is 39.0 Å². The van der Waals surface area contributed by atoms with Gasteiger partial charge in [-0.05, 0) is 25.8 Å². The third-order valence-corrected chi connectivity index (χ3v) is 2.76. The quantitative estimate of drug-likeness (QED) is 0.430. The summed E-state index contributed by atoms with van der Waals surface area (Å²) < 4.78 is 5.12. The highest BCUT2D eigenvalue weighted by Gasteiger charge is 2.13. The summed E-state index contributed by atoms with van der Waals surface area (Å²) in [5, 5.41) is 0. The molecule has 4 N–H and O–H groups in total. The van der Waals surface area contributed by atoms with Gasteiger partial charge in [0, 0.05) is 0 Å². The Morgan fingerprint density at radius 2 is 1.82 bits per heavy atom. The molecule has 0 amide bonds. The van der Waals surface area contributed by atoms with Crippen LogP contribution in [0.25, 0.3) is 0 Å². The summed E-state index contributed by atoms with van der Waals surface area (Å²) in [4.78, 5) is 11.4. The van der Waals surface area contributed by atoms with Crippen LogP contribution in [0.5, 0.6) is 0 Å². The Hall–Kier alpha value is -0.610. The number of hydrogen-bond donors (Lipinski definition) is 2. The Morgan fingerprint density at radius 1 is 1.12 bits per heavy atom. The molecular formula is C13H28N2O2. The predicted molar refractivity (Wildman–Crippen MR) is 70.6 cm³/mol. The Kier molecular flexibility index (Phi) is 11.4. The lowest BCUT2D eigenvalue weighted by atomic mass is 10.1. The van der Waals surface area contributed by atoms with E-state index in [9.17, 15) is 4.79 Å². The third-order valence-electron chi connectivity index (χ3n) is 2.76. The van der Waals surface area contributed by atoms with Gasteiger partial charge in [-0.3, -0.25) is 4.79 Å². The lowest BCUT2D eigenvalue weighted by Crippen LogP contribution is -2.32. The highest BCUT2D eigenvalue weighted by atomic mass is 16.5. The van der Waals surface area contributed by atoms with Gasteiger partial charge in [0.2, 0.25) is 0 Å². The van der Waals surface area contributed by atoms with Gasteiger partial charge >= 0.3 is 5.97 Å². The molecule has 17 heavy (non-hydrogen) atoms. The number of ether oxygens (including phenoxy) is 1. The summed E-state index contributed by atoms with van der Waals surface area (Å²) in [5.41, 5.74) is 11.1. The second-order valence-corrected chi connectivity index (χ2v) is 4.47.